The molecule has 1 aromatic carbocycles. The molecule has 1 unspecified atom stereocenters. The summed E-state index contributed by atoms with van der Waals surface area (Å²) in [5.41, 5.74) is 2.04. The van der Waals surface area contributed by atoms with Crippen LogP contribution in [0.4, 0.5) is 0 Å². The second kappa shape index (κ2) is 4.91. The van der Waals surface area contributed by atoms with Gasteiger partial charge in [0.05, 0.1) is 0 Å². The highest BCUT2D eigenvalue weighted by Gasteiger charge is 2.42. The first-order valence-electron chi connectivity index (χ1n) is 5.66. The Morgan fingerprint density at radius 3 is 2.88 bits per heavy atom. The summed E-state index contributed by atoms with van der Waals surface area (Å²) in [6.07, 6.45) is 2.23. The van der Waals surface area contributed by atoms with Gasteiger partial charge in [-0.15, -0.1) is 11.8 Å². The van der Waals surface area contributed by atoms with Gasteiger partial charge in [0.15, 0.2) is 0 Å². The van der Waals surface area contributed by atoms with Crippen LogP contribution in [0.5, 0.6) is 0 Å². The van der Waals surface area contributed by atoms with Crippen molar-refractivity contribution in [1.29, 1.82) is 0 Å². The fourth-order valence-electron chi connectivity index (χ4n) is 2.18. The first kappa shape index (κ1) is 12.8. The van der Waals surface area contributed by atoms with Crippen molar-refractivity contribution in [3.63, 3.8) is 0 Å². The van der Waals surface area contributed by atoms with E-state index in [2.05, 4.69) is 0 Å². The average molecular weight is 271 g/mol. The Hall–Kier alpha value is -0.670. The van der Waals surface area contributed by atoms with Crippen LogP contribution in [0, 0.1) is 6.92 Å². The van der Waals surface area contributed by atoms with Crippen molar-refractivity contribution in [3.05, 3.63) is 34.3 Å². The first-order valence-corrected chi connectivity index (χ1v) is 7.02. The van der Waals surface area contributed by atoms with Crippen molar-refractivity contribution in [2.24, 2.45) is 0 Å². The molecule has 1 aliphatic rings. The van der Waals surface area contributed by atoms with Crippen LogP contribution < -0.4 is 0 Å². The molecule has 0 spiro atoms. The second-order valence-electron chi connectivity index (χ2n) is 4.52. The number of aliphatic carboxylic acids is 1. The summed E-state index contributed by atoms with van der Waals surface area (Å²) in [5.74, 6) is 0.215. The van der Waals surface area contributed by atoms with Gasteiger partial charge in [-0.2, -0.15) is 0 Å². The molecule has 2 nitrogen and oxygen atoms in total. The summed E-state index contributed by atoms with van der Waals surface area (Å²) < 4.78 is -0.668. The van der Waals surface area contributed by atoms with Crippen LogP contribution >= 0.6 is 23.4 Å². The smallest absolute Gasteiger partial charge is 0.320 e. The number of thioether (sulfide) groups is 1. The Morgan fingerprint density at radius 1 is 1.59 bits per heavy atom. The van der Waals surface area contributed by atoms with Gasteiger partial charge in [-0.3, -0.25) is 4.79 Å². The molecule has 0 aliphatic carbocycles. The van der Waals surface area contributed by atoms with E-state index >= 15 is 0 Å². The number of hydrogen-bond acceptors (Lipinski definition) is 2. The van der Waals surface area contributed by atoms with E-state index in [0.29, 0.717) is 11.4 Å². The fourth-order valence-corrected chi connectivity index (χ4v) is 3.84. The molecule has 0 saturated carbocycles. The summed E-state index contributed by atoms with van der Waals surface area (Å²) >= 11 is 7.72. The lowest BCUT2D eigenvalue weighted by atomic mass is 9.94. The summed E-state index contributed by atoms with van der Waals surface area (Å²) in [6, 6.07) is 5.82. The molecule has 1 aromatic rings. The van der Waals surface area contributed by atoms with Gasteiger partial charge in [-0.1, -0.05) is 23.7 Å². The summed E-state index contributed by atoms with van der Waals surface area (Å²) in [5, 5.41) is 10.1. The molecule has 2 rings (SSSR count). The molecule has 4 heteroatoms. The third-order valence-electron chi connectivity index (χ3n) is 3.18. The Labute approximate surface area is 110 Å². The van der Waals surface area contributed by atoms with Crippen molar-refractivity contribution < 1.29 is 9.90 Å². The molecule has 1 aliphatic heterocycles. The van der Waals surface area contributed by atoms with Gasteiger partial charge in [-0.25, -0.2) is 0 Å². The van der Waals surface area contributed by atoms with Crippen molar-refractivity contribution in [2.75, 3.05) is 5.75 Å². The largest absolute Gasteiger partial charge is 0.480 e. The zero-order valence-corrected chi connectivity index (χ0v) is 11.3. The lowest BCUT2D eigenvalue weighted by Gasteiger charge is -2.23. The molecule has 0 aromatic heterocycles. The first-order chi connectivity index (χ1) is 8.03. The molecular formula is C13H15ClO2S. The topological polar surface area (TPSA) is 37.3 Å². The molecule has 92 valence electrons. The van der Waals surface area contributed by atoms with Crippen molar-refractivity contribution in [3.8, 4) is 0 Å². The van der Waals surface area contributed by atoms with Gasteiger partial charge in [0.2, 0.25) is 0 Å². The second-order valence-corrected chi connectivity index (χ2v) is 6.41. The third-order valence-corrected chi connectivity index (χ3v) is 5.10. The zero-order chi connectivity index (χ0) is 12.5. The SMILES string of the molecule is Cc1ccc(CC2(C(=O)O)CCCS2)c(Cl)c1. The Bertz CT molecular complexity index is 439. The van der Waals surface area contributed by atoms with Crippen LogP contribution in [0.1, 0.15) is 24.0 Å². The van der Waals surface area contributed by atoms with Gasteiger partial charge < -0.3 is 5.11 Å². The molecule has 0 radical (unpaired) electrons. The predicted octanol–water partition coefficient (Wildman–Crippen LogP) is 3.54. The summed E-state index contributed by atoms with van der Waals surface area (Å²) in [6.45, 7) is 1.98. The summed E-state index contributed by atoms with van der Waals surface area (Å²) in [4.78, 5) is 11.4. The molecular weight excluding hydrogens is 256 g/mol. The highest BCUT2D eigenvalue weighted by Crippen LogP contribution is 2.42. The van der Waals surface area contributed by atoms with Gasteiger partial charge in [0.1, 0.15) is 4.75 Å². The van der Waals surface area contributed by atoms with Gasteiger partial charge >= 0.3 is 5.97 Å². The van der Waals surface area contributed by atoms with E-state index in [1.54, 1.807) is 11.8 Å². The molecule has 0 amide bonds. The van der Waals surface area contributed by atoms with Crippen molar-refractivity contribution >= 4 is 29.3 Å². The average Bonchev–Trinajstić information content (AvgIpc) is 2.72. The number of carboxylic acids is 1. The molecule has 17 heavy (non-hydrogen) atoms. The van der Waals surface area contributed by atoms with Crippen LogP contribution in [0.25, 0.3) is 0 Å². The standard InChI is InChI=1S/C13H15ClO2S/c1-9-3-4-10(11(14)7-9)8-13(12(15)16)5-2-6-17-13/h3-4,7H,2,5-6,8H2,1H3,(H,15,16). The van der Waals surface area contributed by atoms with E-state index in [-0.39, 0.29) is 0 Å². The number of carboxylic acid groups (broad SMARTS) is 1. The molecule has 0 bridgehead atoms. The minimum Gasteiger partial charge on any atom is -0.480 e. The Morgan fingerprint density at radius 2 is 2.35 bits per heavy atom. The van der Waals surface area contributed by atoms with Gasteiger partial charge in [0.25, 0.3) is 0 Å². The quantitative estimate of drug-likeness (QED) is 0.913. The number of hydrogen-bond donors (Lipinski definition) is 1. The van der Waals surface area contributed by atoms with E-state index in [4.69, 9.17) is 11.6 Å². The molecule has 1 N–H and O–H groups in total. The highest BCUT2D eigenvalue weighted by atomic mass is 35.5. The van der Waals surface area contributed by atoms with Crippen LogP contribution in [-0.4, -0.2) is 21.6 Å². The minimum absolute atomic E-state index is 0.520. The normalized spacial score (nSPS) is 23.9. The number of benzene rings is 1. The number of carbonyl (C=O) groups is 1. The number of halogens is 1. The zero-order valence-electron chi connectivity index (χ0n) is 9.70. The molecule has 1 heterocycles. The van der Waals surface area contributed by atoms with Crippen LogP contribution in [-0.2, 0) is 11.2 Å². The maximum absolute atomic E-state index is 11.4. The maximum atomic E-state index is 11.4. The lowest BCUT2D eigenvalue weighted by molar-refractivity contribution is -0.139. The van der Waals surface area contributed by atoms with Crippen LogP contribution in [0.15, 0.2) is 18.2 Å². The van der Waals surface area contributed by atoms with Crippen molar-refractivity contribution in [2.45, 2.75) is 30.9 Å². The monoisotopic (exact) mass is 270 g/mol. The summed E-state index contributed by atoms with van der Waals surface area (Å²) in [7, 11) is 0. The highest BCUT2D eigenvalue weighted by molar-refractivity contribution is 8.01. The van der Waals surface area contributed by atoms with E-state index < -0.39 is 10.7 Å². The van der Waals surface area contributed by atoms with Gasteiger partial charge in [0, 0.05) is 5.02 Å². The van der Waals surface area contributed by atoms with Crippen LogP contribution in [0.2, 0.25) is 5.02 Å². The third kappa shape index (κ3) is 2.61. The number of aryl methyl sites for hydroxylation is 1. The van der Waals surface area contributed by atoms with Crippen molar-refractivity contribution in [1.82, 2.24) is 0 Å². The molecule has 1 atom stereocenters. The fraction of sp³-hybridized carbons (Fsp3) is 0.462. The molecule has 1 saturated heterocycles. The van der Waals surface area contributed by atoms with E-state index in [0.717, 1.165) is 29.7 Å². The predicted molar refractivity (Wildman–Crippen MR) is 72.0 cm³/mol. The van der Waals surface area contributed by atoms with Crippen LogP contribution in [0.3, 0.4) is 0 Å². The van der Waals surface area contributed by atoms with E-state index in [1.807, 2.05) is 25.1 Å². The minimum atomic E-state index is -0.711. The van der Waals surface area contributed by atoms with Gasteiger partial charge in [-0.05, 0) is 49.1 Å². The maximum Gasteiger partial charge on any atom is 0.320 e. The number of rotatable bonds is 3. The molecule has 1 fully saturated rings. The van der Waals surface area contributed by atoms with E-state index in [1.165, 1.54) is 0 Å². The Kier molecular flexibility index (Phi) is 3.69. The Balaban J connectivity index is 2.26. The lowest BCUT2D eigenvalue weighted by Crippen LogP contribution is -2.34. The van der Waals surface area contributed by atoms with E-state index in [9.17, 15) is 9.90 Å².